The zero-order valence-electron chi connectivity index (χ0n) is 14.1. The first-order chi connectivity index (χ1) is 12.3. The first-order valence-corrected chi connectivity index (χ1v) is 10.3. The molecule has 3 rings (SSSR count). The van der Waals surface area contributed by atoms with Crippen LogP contribution in [-0.2, 0) is 10.0 Å². The Morgan fingerprint density at radius 2 is 1.92 bits per heavy atom. The molecule has 0 spiro atoms. The largest absolute Gasteiger partial charge is 0.368 e. The molecule has 0 unspecified atom stereocenters. The maximum Gasteiger partial charge on any atom is 0.244 e. The summed E-state index contributed by atoms with van der Waals surface area (Å²) in [5, 5.41) is -0.653. The monoisotopic (exact) mass is 437 g/mol. The van der Waals surface area contributed by atoms with Crippen LogP contribution in [0.1, 0.15) is 25.0 Å². The molecule has 0 radical (unpaired) electrons. The quantitative estimate of drug-likeness (QED) is 0.665. The summed E-state index contributed by atoms with van der Waals surface area (Å²) in [6, 6.07) is 11.3. The Morgan fingerprint density at radius 1 is 1.23 bits per heavy atom. The van der Waals surface area contributed by atoms with Crippen LogP contribution < -0.4 is 5.73 Å². The average Bonchev–Trinajstić information content (AvgIpc) is 2.91. The van der Waals surface area contributed by atoms with E-state index >= 15 is 0 Å². The highest BCUT2D eigenvalue weighted by Gasteiger charge is 2.24. The Bertz CT molecular complexity index is 1120. The lowest BCUT2D eigenvalue weighted by Crippen LogP contribution is -2.23. The Balaban J connectivity index is 2.24. The molecule has 0 aliphatic carbocycles. The van der Waals surface area contributed by atoms with E-state index in [-0.39, 0.29) is 11.8 Å². The molecule has 0 fully saturated rings. The van der Waals surface area contributed by atoms with E-state index in [2.05, 4.69) is 20.9 Å². The zero-order valence-corrected chi connectivity index (χ0v) is 16.6. The van der Waals surface area contributed by atoms with E-state index in [1.807, 2.05) is 0 Å². The highest BCUT2D eigenvalue weighted by Crippen LogP contribution is 2.30. The second kappa shape index (κ2) is 6.85. The molecule has 0 amide bonds. The molecule has 0 saturated carbocycles. The van der Waals surface area contributed by atoms with Gasteiger partial charge in [0, 0.05) is 0 Å². The number of imidazole rings is 1. The molecule has 26 heavy (non-hydrogen) atoms. The highest BCUT2D eigenvalue weighted by molar-refractivity contribution is 9.11. The summed E-state index contributed by atoms with van der Waals surface area (Å²) >= 11 is 3.31. The summed E-state index contributed by atoms with van der Waals surface area (Å²) in [5.74, 6) is -0.437. The highest BCUT2D eigenvalue weighted by atomic mass is 79.9. The minimum Gasteiger partial charge on any atom is -0.368 e. The molecule has 5 nitrogen and oxygen atoms in total. The van der Waals surface area contributed by atoms with Crippen molar-refractivity contribution in [2.24, 2.45) is 0 Å². The summed E-state index contributed by atoms with van der Waals surface area (Å²) in [7, 11) is -3.67. The number of rotatable bonds is 4. The van der Waals surface area contributed by atoms with Gasteiger partial charge in [0.05, 0.1) is 16.3 Å². The third-order valence-corrected chi connectivity index (χ3v) is 6.59. The van der Waals surface area contributed by atoms with Crippen LogP contribution >= 0.6 is 15.9 Å². The molecular formula is C18H17BrFN3O2S. The number of nitrogens with two attached hydrogens (primary N) is 1. The van der Waals surface area contributed by atoms with Crippen molar-refractivity contribution in [3.05, 3.63) is 64.4 Å². The van der Waals surface area contributed by atoms with Gasteiger partial charge in [-0.3, -0.25) is 0 Å². The first kappa shape index (κ1) is 18.6. The van der Waals surface area contributed by atoms with Gasteiger partial charge in [-0.15, -0.1) is 0 Å². The second-order valence-electron chi connectivity index (χ2n) is 6.06. The fourth-order valence-corrected chi connectivity index (χ4v) is 4.34. The Labute approximate surface area is 159 Å². The molecule has 1 aromatic heterocycles. The molecule has 0 bridgehead atoms. The van der Waals surface area contributed by atoms with Crippen LogP contribution in [0.3, 0.4) is 0 Å². The number of nitrogens with zero attached hydrogens (tertiary/aromatic N) is 2. The van der Waals surface area contributed by atoms with Crippen molar-refractivity contribution in [3.8, 4) is 0 Å². The van der Waals surface area contributed by atoms with Crippen LogP contribution in [0, 0.1) is 5.82 Å². The van der Waals surface area contributed by atoms with Gasteiger partial charge in [0.15, 0.2) is 0 Å². The molecule has 136 valence electrons. The lowest BCUT2D eigenvalue weighted by atomic mass is 9.99. The summed E-state index contributed by atoms with van der Waals surface area (Å²) < 4.78 is 40.0. The number of anilines is 1. The Kier molecular flexibility index (Phi) is 4.90. The Hall–Kier alpha value is -2.19. The second-order valence-corrected chi connectivity index (χ2v) is 8.86. The van der Waals surface area contributed by atoms with Gasteiger partial charge < -0.3 is 5.73 Å². The summed E-state index contributed by atoms with van der Waals surface area (Å²) in [5.41, 5.74) is 8.80. The van der Waals surface area contributed by atoms with E-state index in [0.29, 0.717) is 27.7 Å². The number of nitrogen functional groups attached to an aromatic ring is 1. The summed E-state index contributed by atoms with van der Waals surface area (Å²) in [4.78, 5) is 5.82. The third-order valence-electron chi connectivity index (χ3n) is 4.04. The number of aromatic nitrogens is 2. The van der Waals surface area contributed by atoms with Gasteiger partial charge >= 0.3 is 0 Å². The predicted octanol–water partition coefficient (Wildman–Crippen LogP) is 4.13. The van der Waals surface area contributed by atoms with Crippen molar-refractivity contribution < 1.29 is 12.8 Å². The normalized spacial score (nSPS) is 12.9. The van der Waals surface area contributed by atoms with E-state index in [1.54, 1.807) is 49.2 Å². The fraction of sp³-hybridized carbons (Fsp3) is 0.167. The molecule has 0 aliphatic rings. The zero-order chi connectivity index (χ0) is 19.1. The van der Waals surface area contributed by atoms with Gasteiger partial charge in [-0.05, 0) is 59.8 Å². The molecule has 2 aromatic carbocycles. The molecule has 8 heteroatoms. The minimum atomic E-state index is -3.67. The predicted molar refractivity (Wildman–Crippen MR) is 106 cm³/mol. The summed E-state index contributed by atoms with van der Waals surface area (Å²) in [6.45, 7) is 3.17. The van der Waals surface area contributed by atoms with Gasteiger partial charge in [-0.25, -0.2) is 21.8 Å². The van der Waals surface area contributed by atoms with Crippen LogP contribution in [0.4, 0.5) is 10.3 Å². The molecule has 3 aromatic rings. The van der Waals surface area contributed by atoms with Crippen LogP contribution in [0.15, 0.2) is 47.4 Å². The molecule has 1 heterocycles. The number of benzene rings is 2. The van der Waals surface area contributed by atoms with Crippen LogP contribution in [0.25, 0.3) is 16.6 Å². The smallest absolute Gasteiger partial charge is 0.244 e. The SMILES string of the molecule is CC(C)S(=O)(=O)n1c(N)nc2ccc(/C(=C/Br)c3cccc(F)c3)cc21. The van der Waals surface area contributed by atoms with Crippen molar-refractivity contribution in [1.82, 2.24) is 8.96 Å². The van der Waals surface area contributed by atoms with E-state index in [4.69, 9.17) is 5.73 Å². The van der Waals surface area contributed by atoms with Crippen molar-refractivity contribution in [2.75, 3.05) is 5.73 Å². The van der Waals surface area contributed by atoms with Gasteiger partial charge in [0.2, 0.25) is 16.0 Å². The fourth-order valence-electron chi connectivity index (χ4n) is 2.67. The third kappa shape index (κ3) is 3.14. The van der Waals surface area contributed by atoms with Crippen molar-refractivity contribution >= 4 is 48.5 Å². The van der Waals surface area contributed by atoms with Gasteiger partial charge in [-0.2, -0.15) is 0 Å². The molecule has 2 N–H and O–H groups in total. The molecule has 0 atom stereocenters. The number of halogens is 2. The van der Waals surface area contributed by atoms with Crippen LogP contribution in [0.2, 0.25) is 0 Å². The van der Waals surface area contributed by atoms with E-state index in [0.717, 1.165) is 3.97 Å². The maximum absolute atomic E-state index is 13.6. The van der Waals surface area contributed by atoms with Crippen LogP contribution in [-0.4, -0.2) is 22.6 Å². The van der Waals surface area contributed by atoms with Crippen molar-refractivity contribution in [1.29, 1.82) is 0 Å². The minimum absolute atomic E-state index is 0.0824. The molecular weight excluding hydrogens is 421 g/mol. The first-order valence-electron chi connectivity index (χ1n) is 7.84. The maximum atomic E-state index is 13.6. The standard InChI is InChI=1S/C18H17BrFN3O2S/c1-11(2)26(24,25)23-17-9-13(6-7-16(17)22-18(23)21)15(10-19)12-4-3-5-14(20)8-12/h3-11H,1-2H3,(H2,21,22)/b15-10+. The average molecular weight is 438 g/mol. The van der Waals surface area contributed by atoms with Crippen molar-refractivity contribution in [2.45, 2.75) is 19.1 Å². The molecule has 0 aliphatic heterocycles. The Morgan fingerprint density at radius 3 is 2.54 bits per heavy atom. The number of fused-ring (bicyclic) bond motifs is 1. The van der Waals surface area contributed by atoms with E-state index < -0.39 is 15.3 Å². The van der Waals surface area contributed by atoms with Gasteiger partial charge in [0.1, 0.15) is 5.82 Å². The van der Waals surface area contributed by atoms with E-state index in [9.17, 15) is 12.8 Å². The van der Waals surface area contributed by atoms with Gasteiger partial charge in [-0.1, -0.05) is 34.1 Å². The molecule has 0 saturated heterocycles. The topological polar surface area (TPSA) is 78.0 Å². The van der Waals surface area contributed by atoms with Crippen LogP contribution in [0.5, 0.6) is 0 Å². The van der Waals surface area contributed by atoms with Gasteiger partial charge in [0.25, 0.3) is 0 Å². The summed E-state index contributed by atoms with van der Waals surface area (Å²) in [6.07, 6.45) is 0. The number of hydrogen-bond acceptors (Lipinski definition) is 4. The van der Waals surface area contributed by atoms with Crippen molar-refractivity contribution in [3.63, 3.8) is 0 Å². The lowest BCUT2D eigenvalue weighted by Gasteiger charge is -2.12. The lowest BCUT2D eigenvalue weighted by molar-refractivity contribution is 0.580. The van der Waals surface area contributed by atoms with E-state index in [1.165, 1.54) is 12.1 Å². The number of hydrogen-bond donors (Lipinski definition) is 1.